The summed E-state index contributed by atoms with van der Waals surface area (Å²) < 4.78 is 0.999. The van der Waals surface area contributed by atoms with Crippen LogP contribution in [0.15, 0.2) is 35.7 Å². The van der Waals surface area contributed by atoms with Gasteiger partial charge < -0.3 is 0 Å². The summed E-state index contributed by atoms with van der Waals surface area (Å²) >= 11 is 2.76. The summed E-state index contributed by atoms with van der Waals surface area (Å²) in [4.78, 5) is 26.0. The average Bonchev–Trinajstić information content (AvgIpc) is 3.00. The first-order valence-electron chi connectivity index (χ1n) is 5.46. The molecule has 4 rings (SSSR count). The molecule has 0 saturated heterocycles. The lowest BCUT2D eigenvalue weighted by Crippen LogP contribution is -2.16. The Balaban J connectivity index is 2.15. The first-order valence-corrected chi connectivity index (χ1v) is 7.15. The summed E-state index contributed by atoms with van der Waals surface area (Å²) in [7, 11) is 0. The van der Waals surface area contributed by atoms with E-state index in [0.717, 1.165) is 10.1 Å². The zero-order valence-electron chi connectivity index (χ0n) is 9.10. The van der Waals surface area contributed by atoms with E-state index in [2.05, 4.69) is 0 Å². The first-order chi connectivity index (χ1) is 8.77. The molecule has 0 bridgehead atoms. The van der Waals surface area contributed by atoms with Gasteiger partial charge in [0.2, 0.25) is 5.78 Å². The molecule has 2 nitrogen and oxygen atoms in total. The summed E-state index contributed by atoms with van der Waals surface area (Å²) in [6, 6.07) is 9.43. The molecule has 1 aliphatic rings. The van der Waals surface area contributed by atoms with Gasteiger partial charge in [-0.3, -0.25) is 9.59 Å². The van der Waals surface area contributed by atoms with Crippen LogP contribution < -0.4 is 0 Å². The van der Waals surface area contributed by atoms with Crippen molar-refractivity contribution in [2.24, 2.45) is 0 Å². The van der Waals surface area contributed by atoms with Crippen LogP contribution in [0.3, 0.4) is 0 Å². The molecule has 18 heavy (non-hydrogen) atoms. The van der Waals surface area contributed by atoms with E-state index in [1.165, 1.54) is 22.7 Å². The Morgan fingerprint density at radius 2 is 1.72 bits per heavy atom. The molecule has 2 heterocycles. The highest BCUT2D eigenvalue weighted by Crippen LogP contribution is 2.39. The number of fused-ring (bicyclic) bond motifs is 4. The lowest BCUT2D eigenvalue weighted by Gasteiger charge is -2.09. The van der Waals surface area contributed by atoms with Crippen LogP contribution in [-0.4, -0.2) is 11.6 Å². The number of thiophene rings is 2. The van der Waals surface area contributed by atoms with E-state index in [-0.39, 0.29) is 11.6 Å². The zero-order valence-corrected chi connectivity index (χ0v) is 10.7. The van der Waals surface area contributed by atoms with E-state index in [1.54, 1.807) is 11.4 Å². The third kappa shape index (κ3) is 1.11. The van der Waals surface area contributed by atoms with Crippen molar-refractivity contribution in [1.82, 2.24) is 0 Å². The number of rotatable bonds is 0. The summed E-state index contributed by atoms with van der Waals surface area (Å²) in [6.07, 6.45) is 0. The fraction of sp³-hybridized carbons (Fsp3) is 0. The fourth-order valence-electron chi connectivity index (χ4n) is 2.33. The summed E-state index contributed by atoms with van der Waals surface area (Å²) in [5.41, 5.74) is 1.15. The molecule has 0 spiro atoms. The monoisotopic (exact) mass is 270 g/mol. The minimum Gasteiger partial charge on any atom is -0.288 e. The van der Waals surface area contributed by atoms with Gasteiger partial charge >= 0.3 is 0 Å². The second-order valence-electron chi connectivity index (χ2n) is 4.12. The molecular weight excluding hydrogens is 264 g/mol. The van der Waals surface area contributed by atoms with Crippen LogP contribution in [0, 0.1) is 0 Å². The standard InChI is InChI=1S/C14H6O2S2/c15-11-8-5-6-17-13(8)12(16)14-10(11)7-3-1-2-4-9(7)18-14/h1-6H. The van der Waals surface area contributed by atoms with E-state index in [1.807, 2.05) is 24.3 Å². The number of carbonyl (C=O) groups is 2. The lowest BCUT2D eigenvalue weighted by molar-refractivity contribution is 0.0987. The Morgan fingerprint density at radius 3 is 2.61 bits per heavy atom. The van der Waals surface area contributed by atoms with Crippen LogP contribution in [0.5, 0.6) is 0 Å². The minimum atomic E-state index is -0.0155. The maximum atomic E-state index is 12.5. The lowest BCUT2D eigenvalue weighted by atomic mass is 9.93. The zero-order chi connectivity index (χ0) is 12.3. The fourth-order valence-corrected chi connectivity index (χ4v) is 4.38. The van der Waals surface area contributed by atoms with Gasteiger partial charge in [0.15, 0.2) is 5.78 Å². The predicted octanol–water partition coefficient (Wildman–Crippen LogP) is 3.74. The molecule has 4 heteroatoms. The molecular formula is C14H6O2S2. The topological polar surface area (TPSA) is 34.1 Å². The summed E-state index contributed by atoms with van der Waals surface area (Å²) in [5.74, 6) is -0.0194. The Kier molecular flexibility index (Phi) is 1.90. The Bertz CT molecular complexity index is 823. The van der Waals surface area contributed by atoms with Crippen LogP contribution in [-0.2, 0) is 0 Å². The first kappa shape index (κ1) is 10.2. The number of carbonyl (C=O) groups excluding carboxylic acids is 2. The number of hydrogen-bond donors (Lipinski definition) is 0. The van der Waals surface area contributed by atoms with Crippen molar-refractivity contribution in [2.45, 2.75) is 0 Å². The van der Waals surface area contributed by atoms with E-state index in [9.17, 15) is 9.59 Å². The summed E-state index contributed by atoms with van der Waals surface area (Å²) in [5, 5.41) is 2.70. The third-order valence-electron chi connectivity index (χ3n) is 3.14. The number of hydrogen-bond acceptors (Lipinski definition) is 4. The van der Waals surface area contributed by atoms with E-state index >= 15 is 0 Å². The molecule has 1 aromatic carbocycles. The van der Waals surface area contributed by atoms with Crippen LogP contribution in [0.1, 0.15) is 30.5 Å². The van der Waals surface area contributed by atoms with Gasteiger partial charge in [0.25, 0.3) is 0 Å². The van der Waals surface area contributed by atoms with Crippen LogP contribution in [0.25, 0.3) is 10.1 Å². The Hall–Kier alpha value is -1.78. The number of ketones is 2. The van der Waals surface area contributed by atoms with E-state index in [0.29, 0.717) is 20.9 Å². The van der Waals surface area contributed by atoms with Gasteiger partial charge in [0.1, 0.15) is 0 Å². The van der Waals surface area contributed by atoms with Gasteiger partial charge in [0.05, 0.1) is 15.3 Å². The quantitative estimate of drug-likeness (QED) is 0.488. The molecule has 0 radical (unpaired) electrons. The Labute approximate surface area is 110 Å². The molecule has 0 atom stereocenters. The van der Waals surface area contributed by atoms with Gasteiger partial charge in [-0.25, -0.2) is 0 Å². The van der Waals surface area contributed by atoms with Gasteiger partial charge in [0, 0.05) is 15.6 Å². The van der Waals surface area contributed by atoms with Crippen molar-refractivity contribution in [3.63, 3.8) is 0 Å². The third-order valence-corrected chi connectivity index (χ3v) is 5.23. The maximum absolute atomic E-state index is 12.5. The molecule has 0 N–H and O–H groups in total. The van der Waals surface area contributed by atoms with E-state index in [4.69, 9.17) is 0 Å². The van der Waals surface area contributed by atoms with E-state index < -0.39 is 0 Å². The predicted molar refractivity (Wildman–Crippen MR) is 73.0 cm³/mol. The van der Waals surface area contributed by atoms with Crippen molar-refractivity contribution in [2.75, 3.05) is 0 Å². The van der Waals surface area contributed by atoms with Gasteiger partial charge in [-0.2, -0.15) is 0 Å². The molecule has 1 aliphatic carbocycles. The van der Waals surface area contributed by atoms with Crippen molar-refractivity contribution >= 4 is 44.3 Å². The molecule has 3 aromatic rings. The summed E-state index contributed by atoms with van der Waals surface area (Å²) in [6.45, 7) is 0. The second-order valence-corrected chi connectivity index (χ2v) is 6.09. The highest BCUT2D eigenvalue weighted by Gasteiger charge is 2.33. The highest BCUT2D eigenvalue weighted by molar-refractivity contribution is 7.23. The molecule has 0 saturated carbocycles. The van der Waals surface area contributed by atoms with Crippen LogP contribution in [0.2, 0.25) is 0 Å². The SMILES string of the molecule is O=C1c2sccc2C(=O)c2c1sc1ccccc21. The average molecular weight is 270 g/mol. The van der Waals surface area contributed by atoms with Crippen molar-refractivity contribution in [3.05, 3.63) is 56.6 Å². The highest BCUT2D eigenvalue weighted by atomic mass is 32.1. The molecule has 0 amide bonds. The second kappa shape index (κ2) is 3.37. The van der Waals surface area contributed by atoms with Crippen molar-refractivity contribution in [3.8, 4) is 0 Å². The maximum Gasteiger partial charge on any atom is 0.214 e. The van der Waals surface area contributed by atoms with Gasteiger partial charge in [-0.15, -0.1) is 22.7 Å². The Morgan fingerprint density at radius 1 is 0.889 bits per heavy atom. The smallest absolute Gasteiger partial charge is 0.214 e. The molecule has 2 aromatic heterocycles. The normalized spacial score (nSPS) is 13.8. The molecule has 86 valence electrons. The van der Waals surface area contributed by atoms with Gasteiger partial charge in [-0.1, -0.05) is 18.2 Å². The van der Waals surface area contributed by atoms with Crippen LogP contribution in [0.4, 0.5) is 0 Å². The van der Waals surface area contributed by atoms with Gasteiger partial charge in [-0.05, 0) is 17.5 Å². The molecule has 0 fully saturated rings. The van der Waals surface area contributed by atoms with Crippen molar-refractivity contribution < 1.29 is 9.59 Å². The number of benzene rings is 1. The molecule has 0 aliphatic heterocycles. The minimum absolute atomic E-state index is 0.00389. The van der Waals surface area contributed by atoms with Crippen LogP contribution >= 0.6 is 22.7 Å². The van der Waals surface area contributed by atoms with Crippen molar-refractivity contribution in [1.29, 1.82) is 0 Å². The molecule has 0 unspecified atom stereocenters. The largest absolute Gasteiger partial charge is 0.288 e.